The summed E-state index contributed by atoms with van der Waals surface area (Å²) in [6.45, 7) is 12.6. The van der Waals surface area contributed by atoms with Gasteiger partial charge in [-0.3, -0.25) is 9.48 Å². The summed E-state index contributed by atoms with van der Waals surface area (Å²) in [5.41, 5.74) is 3.23. The lowest BCUT2D eigenvalue weighted by atomic mass is 10.0. The quantitative estimate of drug-likeness (QED) is 0.872. The van der Waals surface area contributed by atoms with Gasteiger partial charge in [-0.1, -0.05) is 27.7 Å². The van der Waals surface area contributed by atoms with Gasteiger partial charge in [-0.05, 0) is 44.6 Å². The van der Waals surface area contributed by atoms with Crippen LogP contribution in [0.15, 0.2) is 6.07 Å². The van der Waals surface area contributed by atoms with Crippen LogP contribution in [0.25, 0.3) is 11.0 Å². The minimum atomic E-state index is -0.0309. The summed E-state index contributed by atoms with van der Waals surface area (Å²) in [4.78, 5) is 17.6. The fourth-order valence-electron chi connectivity index (χ4n) is 2.90. The number of nitrogens with zero attached hydrogens (tertiary/aromatic N) is 3. The van der Waals surface area contributed by atoms with Gasteiger partial charge in [0.05, 0.1) is 16.6 Å². The molecule has 0 aliphatic rings. The fourth-order valence-corrected chi connectivity index (χ4v) is 2.90. The number of rotatable bonds is 6. The molecule has 0 aliphatic heterocycles. The molecule has 1 N–H and O–H groups in total. The third-order valence-corrected chi connectivity index (χ3v) is 4.38. The zero-order valence-corrected chi connectivity index (χ0v) is 16.0. The van der Waals surface area contributed by atoms with Crippen LogP contribution >= 0.6 is 0 Å². The Labute approximate surface area is 144 Å². The van der Waals surface area contributed by atoms with Gasteiger partial charge in [-0.15, -0.1) is 0 Å². The predicted octanol–water partition coefficient (Wildman–Crippen LogP) is 3.95. The normalized spacial score (nSPS) is 13.0. The molecular weight excluding hydrogens is 300 g/mol. The molecule has 2 aromatic heterocycles. The summed E-state index contributed by atoms with van der Waals surface area (Å²) >= 11 is 0. The molecule has 0 fully saturated rings. The summed E-state index contributed by atoms with van der Waals surface area (Å²) in [5, 5.41) is 8.45. The second-order valence-electron chi connectivity index (χ2n) is 7.50. The number of hydrogen-bond acceptors (Lipinski definition) is 3. The lowest BCUT2D eigenvalue weighted by Gasteiger charge is -2.16. The number of hydrogen-bond donors (Lipinski definition) is 1. The van der Waals surface area contributed by atoms with Gasteiger partial charge in [0, 0.05) is 18.8 Å². The molecule has 1 atom stereocenters. The minimum Gasteiger partial charge on any atom is -0.350 e. The minimum absolute atomic E-state index is 0.0309. The zero-order valence-electron chi connectivity index (χ0n) is 16.0. The number of carbonyl (C=O) groups is 1. The maximum atomic E-state index is 12.9. The van der Waals surface area contributed by atoms with E-state index in [9.17, 15) is 4.79 Å². The van der Waals surface area contributed by atoms with E-state index < -0.39 is 0 Å². The van der Waals surface area contributed by atoms with Crippen molar-refractivity contribution in [3.05, 3.63) is 23.0 Å². The largest absolute Gasteiger partial charge is 0.350 e. The van der Waals surface area contributed by atoms with Gasteiger partial charge in [0.2, 0.25) is 0 Å². The van der Waals surface area contributed by atoms with E-state index in [0.717, 1.165) is 35.3 Å². The topological polar surface area (TPSA) is 59.8 Å². The lowest BCUT2D eigenvalue weighted by Crippen LogP contribution is -2.33. The fraction of sp³-hybridized carbons (Fsp3) is 0.632. The monoisotopic (exact) mass is 330 g/mol. The highest BCUT2D eigenvalue weighted by atomic mass is 16.1. The molecule has 1 amide bonds. The van der Waals surface area contributed by atoms with Gasteiger partial charge in [0.15, 0.2) is 5.65 Å². The second kappa shape index (κ2) is 7.32. The van der Waals surface area contributed by atoms with E-state index in [0.29, 0.717) is 11.5 Å². The van der Waals surface area contributed by atoms with E-state index in [2.05, 4.69) is 45.0 Å². The molecule has 2 rings (SSSR count). The molecule has 2 aromatic rings. The molecule has 2 heterocycles. The number of nitrogens with one attached hydrogen (secondary N) is 1. The molecule has 0 saturated carbocycles. The maximum Gasteiger partial charge on any atom is 0.252 e. The van der Waals surface area contributed by atoms with Gasteiger partial charge in [0.1, 0.15) is 0 Å². The highest BCUT2D eigenvalue weighted by molar-refractivity contribution is 6.06. The third-order valence-electron chi connectivity index (χ3n) is 4.38. The van der Waals surface area contributed by atoms with Gasteiger partial charge in [-0.2, -0.15) is 5.10 Å². The first-order valence-electron chi connectivity index (χ1n) is 8.85. The summed E-state index contributed by atoms with van der Waals surface area (Å²) in [5.74, 6) is 0.872. The Morgan fingerprint density at radius 3 is 2.46 bits per heavy atom. The molecule has 0 aromatic carbocycles. The zero-order chi connectivity index (χ0) is 18.0. The molecule has 5 nitrogen and oxygen atoms in total. The number of aromatic nitrogens is 3. The number of amides is 1. The molecule has 1 unspecified atom stereocenters. The number of carbonyl (C=O) groups excluding carboxylic acids is 1. The maximum absolute atomic E-state index is 12.9. The molecule has 0 saturated heterocycles. The molecule has 24 heavy (non-hydrogen) atoms. The molecule has 0 bridgehead atoms. The van der Waals surface area contributed by atoms with E-state index in [1.54, 1.807) is 4.68 Å². The molecule has 132 valence electrons. The Morgan fingerprint density at radius 1 is 1.21 bits per heavy atom. The summed E-state index contributed by atoms with van der Waals surface area (Å²) in [7, 11) is 1.87. The van der Waals surface area contributed by atoms with E-state index in [1.165, 1.54) is 0 Å². The van der Waals surface area contributed by atoms with Crippen molar-refractivity contribution in [2.24, 2.45) is 13.0 Å². The van der Waals surface area contributed by atoms with Crippen molar-refractivity contribution in [3.8, 4) is 0 Å². The Bertz CT molecular complexity index is 731. The number of fused-ring (bicyclic) bond motifs is 1. The van der Waals surface area contributed by atoms with Crippen LogP contribution in [0.2, 0.25) is 0 Å². The highest BCUT2D eigenvalue weighted by Crippen LogP contribution is 2.25. The van der Waals surface area contributed by atoms with Crippen LogP contribution < -0.4 is 5.32 Å². The van der Waals surface area contributed by atoms with Crippen LogP contribution in [0.4, 0.5) is 0 Å². The van der Waals surface area contributed by atoms with Crippen molar-refractivity contribution in [1.29, 1.82) is 0 Å². The van der Waals surface area contributed by atoms with Crippen LogP contribution in [-0.4, -0.2) is 26.7 Å². The van der Waals surface area contributed by atoms with E-state index >= 15 is 0 Å². The van der Waals surface area contributed by atoms with E-state index in [-0.39, 0.29) is 17.9 Å². The molecule has 0 radical (unpaired) electrons. The smallest absolute Gasteiger partial charge is 0.252 e. The van der Waals surface area contributed by atoms with Gasteiger partial charge in [-0.25, -0.2) is 4.98 Å². The van der Waals surface area contributed by atoms with Gasteiger partial charge < -0.3 is 5.32 Å². The van der Waals surface area contributed by atoms with Gasteiger partial charge >= 0.3 is 0 Å². The Kier molecular flexibility index (Phi) is 5.62. The third kappa shape index (κ3) is 3.94. The van der Waals surface area contributed by atoms with Crippen LogP contribution in [0.3, 0.4) is 0 Å². The van der Waals surface area contributed by atoms with E-state index in [1.807, 2.05) is 20.0 Å². The van der Waals surface area contributed by atoms with Crippen molar-refractivity contribution < 1.29 is 4.79 Å². The Hall–Kier alpha value is -1.91. The van der Waals surface area contributed by atoms with Crippen LogP contribution in [0.5, 0.6) is 0 Å². The summed E-state index contributed by atoms with van der Waals surface area (Å²) in [6.07, 6.45) is 2.09. The van der Waals surface area contributed by atoms with Gasteiger partial charge in [0.25, 0.3) is 5.91 Å². The SMILES string of the molecule is Cc1nn(C)c2nc(C(C)C)cc(C(=O)NC(C)CCC(C)C)c12. The summed E-state index contributed by atoms with van der Waals surface area (Å²) in [6, 6.07) is 2.08. The van der Waals surface area contributed by atoms with Crippen molar-refractivity contribution in [1.82, 2.24) is 20.1 Å². The van der Waals surface area contributed by atoms with Crippen molar-refractivity contribution >= 4 is 16.9 Å². The lowest BCUT2D eigenvalue weighted by molar-refractivity contribution is 0.0938. The average Bonchev–Trinajstić information content (AvgIpc) is 2.79. The van der Waals surface area contributed by atoms with Crippen molar-refractivity contribution in [3.63, 3.8) is 0 Å². The Morgan fingerprint density at radius 2 is 1.88 bits per heavy atom. The second-order valence-corrected chi connectivity index (χ2v) is 7.50. The molecule has 0 aliphatic carbocycles. The Balaban J connectivity index is 2.37. The molecule has 0 spiro atoms. The number of aryl methyl sites for hydroxylation is 2. The van der Waals surface area contributed by atoms with E-state index in [4.69, 9.17) is 4.98 Å². The van der Waals surface area contributed by atoms with Crippen LogP contribution in [0, 0.1) is 12.8 Å². The molecule has 5 heteroatoms. The van der Waals surface area contributed by atoms with Crippen molar-refractivity contribution in [2.75, 3.05) is 0 Å². The summed E-state index contributed by atoms with van der Waals surface area (Å²) < 4.78 is 1.76. The number of pyridine rings is 1. The first kappa shape index (κ1) is 18.4. The first-order chi connectivity index (χ1) is 11.2. The standard InChI is InChI=1S/C19H30N4O/c1-11(2)8-9-13(5)20-19(24)15-10-16(12(3)4)21-18-17(15)14(6)22-23(18)7/h10-13H,8-9H2,1-7H3,(H,20,24). The average molecular weight is 330 g/mol. The molecular formula is C19H30N4O. The van der Waals surface area contributed by atoms with Crippen molar-refractivity contribution in [2.45, 2.75) is 66.3 Å². The first-order valence-corrected chi connectivity index (χ1v) is 8.85. The van der Waals surface area contributed by atoms with Crippen LogP contribution in [-0.2, 0) is 7.05 Å². The van der Waals surface area contributed by atoms with Crippen LogP contribution in [0.1, 0.15) is 75.1 Å². The highest BCUT2D eigenvalue weighted by Gasteiger charge is 2.20. The predicted molar refractivity (Wildman–Crippen MR) is 98.3 cm³/mol.